The van der Waals surface area contributed by atoms with Gasteiger partial charge in [-0.1, -0.05) is 19.1 Å². The standard InChI is InChI=1S/C28H23N5O5.ClH/c1-2-28(37)18-12-21-23-16(13-33(21)25(34)17(18)14-38-26(28)35)24-22-19(30-23)7-5-8-20(22)31-27(36)32(24)11-9-15-6-3-4-10-29-15;/h3-8,10,12,37H,2,9,11,13-14H2,1H3,(H,31,36);1H/t28-;/m0./s1. The Morgan fingerprint density at radius 1 is 1.13 bits per heavy atom. The highest BCUT2D eigenvalue weighted by Crippen LogP contribution is 2.46. The van der Waals surface area contributed by atoms with Gasteiger partial charge in [-0.2, -0.15) is 0 Å². The van der Waals surface area contributed by atoms with Crippen LogP contribution in [0, 0.1) is 0 Å². The Morgan fingerprint density at radius 3 is 2.74 bits per heavy atom. The Morgan fingerprint density at radius 2 is 1.97 bits per heavy atom. The lowest BCUT2D eigenvalue weighted by Gasteiger charge is -2.31. The van der Waals surface area contributed by atoms with Crippen LogP contribution in [0.3, 0.4) is 0 Å². The molecule has 0 bridgehead atoms. The van der Waals surface area contributed by atoms with Crippen molar-refractivity contribution in [2.75, 3.05) is 16.8 Å². The molecule has 1 atom stereocenters. The van der Waals surface area contributed by atoms with Crippen LogP contribution in [-0.2, 0) is 34.7 Å². The van der Waals surface area contributed by atoms with E-state index in [1.165, 1.54) is 0 Å². The normalized spacial score (nSPS) is 18.6. The lowest BCUT2D eigenvalue weighted by atomic mass is 9.86. The first-order valence-electron chi connectivity index (χ1n) is 12.5. The van der Waals surface area contributed by atoms with Crippen molar-refractivity contribution in [3.05, 3.63) is 81.4 Å². The fourth-order valence-electron chi connectivity index (χ4n) is 5.78. The van der Waals surface area contributed by atoms with Gasteiger partial charge < -0.3 is 19.7 Å². The van der Waals surface area contributed by atoms with Crippen molar-refractivity contribution in [2.24, 2.45) is 0 Å². The maximum atomic E-state index is 13.6. The van der Waals surface area contributed by atoms with Crippen LogP contribution in [0.2, 0.25) is 0 Å². The molecule has 2 N–H and O–H groups in total. The smallest absolute Gasteiger partial charge is 0.343 e. The molecule has 2 amide bonds. The monoisotopic (exact) mass is 545 g/mol. The minimum atomic E-state index is -1.90. The van der Waals surface area contributed by atoms with Gasteiger partial charge in [0.05, 0.1) is 40.4 Å². The minimum absolute atomic E-state index is 0. The molecule has 1 aromatic carbocycles. The summed E-state index contributed by atoms with van der Waals surface area (Å²) in [5.74, 6) is -0.765. The Labute approximate surface area is 228 Å². The van der Waals surface area contributed by atoms with Gasteiger partial charge in [-0.15, -0.1) is 12.4 Å². The van der Waals surface area contributed by atoms with Gasteiger partial charge in [-0.05, 0) is 36.8 Å². The second-order valence-electron chi connectivity index (χ2n) is 9.74. The van der Waals surface area contributed by atoms with E-state index >= 15 is 0 Å². The number of hydrogen-bond donors (Lipinski definition) is 2. The summed E-state index contributed by atoms with van der Waals surface area (Å²) < 4.78 is 6.77. The molecule has 0 unspecified atom stereocenters. The van der Waals surface area contributed by atoms with E-state index in [0.29, 0.717) is 41.2 Å². The maximum Gasteiger partial charge on any atom is 0.343 e. The van der Waals surface area contributed by atoms with Crippen LogP contribution in [0.4, 0.5) is 16.2 Å². The van der Waals surface area contributed by atoms with Crippen LogP contribution in [0.15, 0.2) is 53.5 Å². The molecular weight excluding hydrogens is 522 g/mol. The summed E-state index contributed by atoms with van der Waals surface area (Å²) in [6.45, 7) is 2.05. The summed E-state index contributed by atoms with van der Waals surface area (Å²) >= 11 is 0. The predicted molar refractivity (Wildman–Crippen MR) is 146 cm³/mol. The molecule has 3 aliphatic rings. The number of benzene rings is 1. The van der Waals surface area contributed by atoms with Crippen LogP contribution >= 0.6 is 12.4 Å². The van der Waals surface area contributed by atoms with Crippen molar-refractivity contribution in [3.8, 4) is 11.4 Å². The van der Waals surface area contributed by atoms with E-state index in [2.05, 4.69) is 10.3 Å². The van der Waals surface area contributed by atoms with E-state index in [1.54, 1.807) is 28.7 Å². The third kappa shape index (κ3) is 3.48. The number of fused-ring (bicyclic) bond motifs is 5. The molecule has 6 heterocycles. The number of halogens is 1. The summed E-state index contributed by atoms with van der Waals surface area (Å²) in [4.78, 5) is 50.5. The van der Waals surface area contributed by atoms with E-state index in [0.717, 1.165) is 16.6 Å². The van der Waals surface area contributed by atoms with Crippen molar-refractivity contribution in [1.82, 2.24) is 14.5 Å². The fourth-order valence-corrected chi connectivity index (χ4v) is 5.78. The minimum Gasteiger partial charge on any atom is -0.458 e. The summed E-state index contributed by atoms with van der Waals surface area (Å²) in [5, 5.41) is 14.9. The molecule has 3 aliphatic heterocycles. The molecule has 0 spiro atoms. The second kappa shape index (κ2) is 8.89. The highest BCUT2D eigenvalue weighted by atomic mass is 35.5. The van der Waals surface area contributed by atoms with Crippen LogP contribution < -0.4 is 15.8 Å². The largest absolute Gasteiger partial charge is 0.458 e. The number of aromatic nitrogens is 3. The van der Waals surface area contributed by atoms with Gasteiger partial charge in [0.1, 0.15) is 6.61 Å². The first kappa shape index (κ1) is 25.0. The van der Waals surface area contributed by atoms with Crippen molar-refractivity contribution in [2.45, 2.75) is 38.5 Å². The molecule has 0 radical (unpaired) electrons. The van der Waals surface area contributed by atoms with Crippen LogP contribution in [0.25, 0.3) is 22.3 Å². The molecule has 39 heavy (non-hydrogen) atoms. The van der Waals surface area contributed by atoms with Crippen LogP contribution in [0.1, 0.15) is 35.7 Å². The lowest BCUT2D eigenvalue weighted by Crippen LogP contribution is -2.44. The number of cyclic esters (lactones) is 1. The first-order valence-corrected chi connectivity index (χ1v) is 12.5. The van der Waals surface area contributed by atoms with Crippen molar-refractivity contribution in [3.63, 3.8) is 0 Å². The summed E-state index contributed by atoms with van der Waals surface area (Å²) in [6.07, 6.45) is 2.33. The number of nitrogens with one attached hydrogen (secondary N) is 1. The van der Waals surface area contributed by atoms with Gasteiger partial charge in [0, 0.05) is 41.4 Å². The molecule has 0 saturated carbocycles. The third-order valence-corrected chi connectivity index (χ3v) is 7.76. The maximum absolute atomic E-state index is 13.6. The number of ether oxygens (including phenoxy) is 1. The van der Waals surface area contributed by atoms with Gasteiger partial charge in [0.25, 0.3) is 5.56 Å². The summed E-state index contributed by atoms with van der Waals surface area (Å²) in [5.41, 5.74) is 2.97. The molecule has 0 aliphatic carbocycles. The Balaban J connectivity index is 0.00000277. The number of hydrogen-bond acceptors (Lipinski definition) is 7. The van der Waals surface area contributed by atoms with E-state index in [1.807, 2.05) is 36.4 Å². The van der Waals surface area contributed by atoms with Gasteiger partial charge in [-0.3, -0.25) is 14.7 Å². The zero-order valence-electron chi connectivity index (χ0n) is 20.9. The molecule has 0 saturated heterocycles. The molecule has 4 aromatic rings. The van der Waals surface area contributed by atoms with E-state index in [-0.39, 0.29) is 54.7 Å². The summed E-state index contributed by atoms with van der Waals surface area (Å²) in [6, 6.07) is 12.6. The number of pyridine rings is 3. The summed E-state index contributed by atoms with van der Waals surface area (Å²) in [7, 11) is 0. The average Bonchev–Trinajstić information content (AvgIpc) is 3.30. The molecule has 3 aromatic heterocycles. The van der Waals surface area contributed by atoms with Gasteiger partial charge in [0.2, 0.25) is 0 Å². The zero-order chi connectivity index (χ0) is 26.2. The lowest BCUT2D eigenvalue weighted by molar-refractivity contribution is -0.172. The quantitative estimate of drug-likeness (QED) is 0.331. The molecule has 11 heteroatoms. The van der Waals surface area contributed by atoms with E-state index < -0.39 is 11.6 Å². The fraction of sp³-hybridized carbons (Fsp3) is 0.250. The number of esters is 1. The Hall–Kier alpha value is -4.28. The molecule has 7 rings (SSSR count). The highest BCUT2D eigenvalue weighted by Gasteiger charge is 2.46. The van der Waals surface area contributed by atoms with Gasteiger partial charge in [0.15, 0.2) is 5.60 Å². The SMILES string of the molecule is CC[C@@]1(O)C(=O)OCc2c1cc1n(c2=O)Cc2c-1nc1cccc3c1c2N(CCc1ccccn1)C(=O)N3.Cl. The number of amides is 2. The van der Waals surface area contributed by atoms with Gasteiger partial charge in [-0.25, -0.2) is 14.6 Å². The second-order valence-corrected chi connectivity index (χ2v) is 9.74. The van der Waals surface area contributed by atoms with Crippen LogP contribution in [-0.4, -0.2) is 38.2 Å². The average molecular weight is 546 g/mol. The molecule has 10 nitrogen and oxygen atoms in total. The number of carbonyl (C=O) groups excluding carboxylic acids is 2. The number of rotatable bonds is 4. The van der Waals surface area contributed by atoms with Crippen molar-refractivity contribution >= 4 is 46.7 Å². The number of carbonyl (C=O) groups is 2. The number of urea groups is 1. The number of anilines is 2. The van der Waals surface area contributed by atoms with Gasteiger partial charge >= 0.3 is 12.0 Å². The number of nitrogens with zero attached hydrogens (tertiary/aromatic N) is 4. The third-order valence-electron chi connectivity index (χ3n) is 7.76. The molecule has 198 valence electrons. The topological polar surface area (TPSA) is 127 Å². The zero-order valence-corrected chi connectivity index (χ0v) is 21.7. The van der Waals surface area contributed by atoms with E-state index in [9.17, 15) is 19.5 Å². The van der Waals surface area contributed by atoms with E-state index in [4.69, 9.17) is 9.72 Å². The highest BCUT2D eigenvalue weighted by molar-refractivity contribution is 6.19. The van der Waals surface area contributed by atoms with Crippen LogP contribution in [0.5, 0.6) is 0 Å². The Bertz CT molecular complexity index is 1760. The van der Waals surface area contributed by atoms with Crippen molar-refractivity contribution in [1.29, 1.82) is 0 Å². The first-order chi connectivity index (χ1) is 18.4. The number of aliphatic hydroxyl groups is 1. The van der Waals surface area contributed by atoms with Crippen molar-refractivity contribution < 1.29 is 19.4 Å². The Kier molecular flexibility index (Phi) is 5.70. The predicted octanol–water partition coefficient (Wildman–Crippen LogP) is 3.49. The molecule has 0 fully saturated rings. The molecular formula is C28H24ClN5O5.